The van der Waals surface area contributed by atoms with E-state index >= 15 is 0 Å². The highest BCUT2D eigenvalue weighted by Crippen LogP contribution is 1.90. The van der Waals surface area contributed by atoms with E-state index in [1.54, 1.807) is 12.1 Å². The number of nitrogens with zero attached hydrogens (tertiary/aromatic N) is 2. The number of hydrogen-bond acceptors (Lipinski definition) is 5. The van der Waals surface area contributed by atoms with E-state index in [9.17, 15) is 9.59 Å². The van der Waals surface area contributed by atoms with Crippen LogP contribution in [0.5, 0.6) is 0 Å². The van der Waals surface area contributed by atoms with E-state index < -0.39 is 18.0 Å². The lowest BCUT2D eigenvalue weighted by molar-refractivity contribution is -0.140. The van der Waals surface area contributed by atoms with Crippen LogP contribution in [0.25, 0.3) is 0 Å². The van der Waals surface area contributed by atoms with Crippen LogP contribution in [-0.2, 0) is 16.1 Å². The van der Waals surface area contributed by atoms with Gasteiger partial charge >= 0.3 is 12.0 Å². The highest BCUT2D eigenvalue weighted by molar-refractivity contribution is 5.82. The van der Waals surface area contributed by atoms with Crippen LogP contribution in [0.2, 0.25) is 0 Å². The first-order valence-electron chi connectivity index (χ1n) is 5.16. The van der Waals surface area contributed by atoms with Crippen LogP contribution in [0.4, 0.5) is 4.79 Å². The van der Waals surface area contributed by atoms with E-state index in [0.717, 1.165) is 0 Å². The second-order valence-corrected chi connectivity index (χ2v) is 3.39. The number of ether oxygens (including phenoxy) is 1. The van der Waals surface area contributed by atoms with Crippen LogP contribution in [0, 0.1) is 0 Å². The molecule has 0 bridgehead atoms. The minimum atomic E-state index is -1.16. The number of aliphatic carboxylic acids is 1. The Kier molecular flexibility index (Phi) is 5.52. The zero-order valence-corrected chi connectivity index (χ0v) is 9.79. The molecule has 0 radical (unpaired) electrons. The normalized spacial score (nSPS) is 11.6. The fourth-order valence-electron chi connectivity index (χ4n) is 1.15. The summed E-state index contributed by atoms with van der Waals surface area (Å²) in [5, 5.41) is 20.9. The monoisotopic (exact) mass is 254 g/mol. The lowest BCUT2D eigenvalue weighted by Gasteiger charge is -2.13. The molecule has 1 aromatic heterocycles. The van der Waals surface area contributed by atoms with Crippen LogP contribution >= 0.6 is 0 Å². The fraction of sp³-hybridized carbons (Fsp3) is 0.400. The molecule has 1 aromatic rings. The molecule has 0 saturated carbocycles. The SMILES string of the molecule is COCC(NC(=O)NCc1cccnn1)C(=O)O. The number of hydrogen-bond donors (Lipinski definition) is 3. The lowest BCUT2D eigenvalue weighted by Crippen LogP contribution is -2.48. The molecule has 1 rings (SSSR count). The number of nitrogens with one attached hydrogen (secondary N) is 2. The maximum absolute atomic E-state index is 11.4. The summed E-state index contributed by atoms with van der Waals surface area (Å²) in [6.45, 7) is 0.0624. The first-order chi connectivity index (χ1) is 8.63. The van der Waals surface area contributed by atoms with Gasteiger partial charge in [-0.05, 0) is 12.1 Å². The Morgan fingerprint density at radius 1 is 1.56 bits per heavy atom. The van der Waals surface area contributed by atoms with Crippen molar-refractivity contribution >= 4 is 12.0 Å². The summed E-state index contributed by atoms with van der Waals surface area (Å²) in [7, 11) is 1.36. The van der Waals surface area contributed by atoms with Gasteiger partial charge in [-0.1, -0.05) is 0 Å². The van der Waals surface area contributed by atoms with E-state index in [0.29, 0.717) is 5.69 Å². The summed E-state index contributed by atoms with van der Waals surface area (Å²) in [5.74, 6) is -1.16. The topological polar surface area (TPSA) is 113 Å². The first-order valence-corrected chi connectivity index (χ1v) is 5.16. The Bertz CT molecular complexity index is 398. The third-order valence-electron chi connectivity index (χ3n) is 1.99. The van der Waals surface area contributed by atoms with Gasteiger partial charge in [0.05, 0.1) is 18.8 Å². The van der Waals surface area contributed by atoms with Crippen LogP contribution in [-0.4, -0.2) is 47.1 Å². The summed E-state index contributed by atoms with van der Waals surface area (Å²) in [4.78, 5) is 22.2. The minimum absolute atomic E-state index is 0.103. The number of rotatable bonds is 6. The molecular formula is C10H14N4O4. The third-order valence-corrected chi connectivity index (χ3v) is 1.99. The second kappa shape index (κ2) is 7.17. The van der Waals surface area contributed by atoms with Crippen molar-refractivity contribution in [3.8, 4) is 0 Å². The molecule has 0 aromatic carbocycles. The number of carbonyl (C=O) groups is 2. The molecule has 8 heteroatoms. The van der Waals surface area contributed by atoms with Gasteiger partial charge in [0.2, 0.25) is 0 Å². The molecule has 0 saturated heterocycles. The van der Waals surface area contributed by atoms with Crippen LogP contribution in [0.1, 0.15) is 5.69 Å². The van der Waals surface area contributed by atoms with Crippen molar-refractivity contribution in [3.05, 3.63) is 24.0 Å². The van der Waals surface area contributed by atoms with Crippen LogP contribution in [0.3, 0.4) is 0 Å². The van der Waals surface area contributed by atoms with E-state index in [1.807, 2.05) is 0 Å². The van der Waals surface area contributed by atoms with Crippen molar-refractivity contribution in [2.24, 2.45) is 0 Å². The Labute approximate surface area is 103 Å². The molecule has 0 aliphatic rings. The van der Waals surface area contributed by atoms with E-state index in [-0.39, 0.29) is 13.2 Å². The predicted molar refractivity (Wildman–Crippen MR) is 60.7 cm³/mol. The molecule has 1 unspecified atom stereocenters. The van der Waals surface area contributed by atoms with Crippen molar-refractivity contribution in [2.45, 2.75) is 12.6 Å². The summed E-state index contributed by atoms with van der Waals surface area (Å²) in [5.41, 5.74) is 0.575. The number of urea groups is 1. The summed E-state index contributed by atoms with van der Waals surface area (Å²) < 4.78 is 4.68. The van der Waals surface area contributed by atoms with Gasteiger partial charge in [0.1, 0.15) is 0 Å². The average molecular weight is 254 g/mol. The zero-order chi connectivity index (χ0) is 13.4. The molecule has 1 atom stereocenters. The molecule has 1 heterocycles. The number of carbonyl (C=O) groups excluding carboxylic acids is 1. The van der Waals surface area contributed by atoms with Gasteiger partial charge in [-0.15, -0.1) is 0 Å². The molecule has 0 fully saturated rings. The van der Waals surface area contributed by atoms with Crippen molar-refractivity contribution in [1.82, 2.24) is 20.8 Å². The Morgan fingerprint density at radius 2 is 2.33 bits per heavy atom. The molecule has 0 spiro atoms. The Balaban J connectivity index is 2.39. The van der Waals surface area contributed by atoms with Crippen molar-refractivity contribution < 1.29 is 19.4 Å². The van der Waals surface area contributed by atoms with Crippen molar-refractivity contribution in [1.29, 1.82) is 0 Å². The Morgan fingerprint density at radius 3 is 2.89 bits per heavy atom. The molecule has 0 aliphatic carbocycles. The first kappa shape index (κ1) is 13.8. The third kappa shape index (κ3) is 4.74. The number of amides is 2. The van der Waals surface area contributed by atoms with Gasteiger partial charge < -0.3 is 20.5 Å². The lowest BCUT2D eigenvalue weighted by atomic mass is 10.3. The molecule has 2 amide bonds. The zero-order valence-electron chi connectivity index (χ0n) is 9.79. The number of carboxylic acid groups (broad SMARTS) is 1. The maximum atomic E-state index is 11.4. The van der Waals surface area contributed by atoms with Gasteiger partial charge in [0.25, 0.3) is 0 Å². The van der Waals surface area contributed by atoms with Gasteiger partial charge in [0.15, 0.2) is 6.04 Å². The number of carboxylic acids is 1. The fourth-order valence-corrected chi connectivity index (χ4v) is 1.15. The van der Waals surface area contributed by atoms with E-state index in [4.69, 9.17) is 5.11 Å². The van der Waals surface area contributed by atoms with Crippen LogP contribution in [0.15, 0.2) is 18.3 Å². The molecule has 18 heavy (non-hydrogen) atoms. The molecule has 8 nitrogen and oxygen atoms in total. The van der Waals surface area contributed by atoms with Gasteiger partial charge in [-0.2, -0.15) is 10.2 Å². The number of methoxy groups -OCH3 is 1. The summed E-state index contributed by atoms with van der Waals surface area (Å²) in [6.07, 6.45) is 1.52. The largest absolute Gasteiger partial charge is 0.480 e. The maximum Gasteiger partial charge on any atom is 0.328 e. The van der Waals surface area contributed by atoms with Crippen LogP contribution < -0.4 is 10.6 Å². The summed E-state index contributed by atoms with van der Waals surface area (Å²) >= 11 is 0. The van der Waals surface area contributed by atoms with Gasteiger partial charge in [0, 0.05) is 13.3 Å². The van der Waals surface area contributed by atoms with Crippen molar-refractivity contribution in [3.63, 3.8) is 0 Å². The molecule has 0 aliphatic heterocycles. The Hall–Kier alpha value is -2.22. The van der Waals surface area contributed by atoms with Crippen molar-refractivity contribution in [2.75, 3.05) is 13.7 Å². The highest BCUT2D eigenvalue weighted by atomic mass is 16.5. The molecule has 3 N–H and O–H groups in total. The average Bonchev–Trinajstić information content (AvgIpc) is 2.37. The number of aromatic nitrogens is 2. The van der Waals surface area contributed by atoms with Gasteiger partial charge in [-0.25, -0.2) is 9.59 Å². The van der Waals surface area contributed by atoms with E-state index in [2.05, 4.69) is 25.6 Å². The highest BCUT2D eigenvalue weighted by Gasteiger charge is 2.19. The molecular weight excluding hydrogens is 240 g/mol. The second-order valence-electron chi connectivity index (χ2n) is 3.39. The minimum Gasteiger partial charge on any atom is -0.480 e. The summed E-state index contributed by atoms with van der Waals surface area (Å²) in [6, 6.07) is 1.69. The quantitative estimate of drug-likeness (QED) is 0.623. The van der Waals surface area contributed by atoms with Gasteiger partial charge in [-0.3, -0.25) is 0 Å². The van der Waals surface area contributed by atoms with E-state index in [1.165, 1.54) is 13.3 Å². The predicted octanol–water partition coefficient (Wildman–Crippen LogP) is -0.625. The standard InChI is InChI=1S/C10H14N4O4/c1-18-6-8(9(15)16)13-10(17)11-5-7-3-2-4-12-14-7/h2-4,8H,5-6H2,1H3,(H,15,16)(H2,11,13,17). The smallest absolute Gasteiger partial charge is 0.328 e. The molecule has 98 valence electrons.